The summed E-state index contributed by atoms with van der Waals surface area (Å²) in [6.07, 6.45) is 8.55. The molecule has 0 saturated heterocycles. The lowest BCUT2D eigenvalue weighted by molar-refractivity contribution is 0.178. The lowest BCUT2D eigenvalue weighted by atomic mass is 10.1. The molecule has 0 aromatic carbocycles. The average molecular weight is 252 g/mol. The molecule has 106 valence electrons. The smallest absolute Gasteiger partial charge is 0.00993 e. The van der Waals surface area contributed by atoms with Crippen molar-refractivity contribution in [3.05, 3.63) is 0 Å². The Bertz CT molecular complexity index is 248. The van der Waals surface area contributed by atoms with Crippen LogP contribution in [0.2, 0.25) is 0 Å². The molecule has 1 N–H and O–H groups in total. The molecule has 2 nitrogen and oxygen atoms in total. The van der Waals surface area contributed by atoms with Gasteiger partial charge in [0.05, 0.1) is 0 Å². The van der Waals surface area contributed by atoms with E-state index in [1.807, 2.05) is 0 Å². The zero-order valence-corrected chi connectivity index (χ0v) is 12.8. The molecular formula is C16H32N2. The van der Waals surface area contributed by atoms with Crippen LogP contribution in [0.1, 0.15) is 66.2 Å². The first-order valence-corrected chi connectivity index (χ1v) is 7.96. The molecule has 1 atom stereocenters. The second kappa shape index (κ2) is 5.92. The highest BCUT2D eigenvalue weighted by Gasteiger charge is 2.35. The van der Waals surface area contributed by atoms with Crippen molar-refractivity contribution in [3.63, 3.8) is 0 Å². The van der Waals surface area contributed by atoms with E-state index in [-0.39, 0.29) is 5.54 Å². The first kappa shape index (κ1) is 14.3. The molecule has 0 aromatic heterocycles. The Morgan fingerprint density at radius 3 is 2.33 bits per heavy atom. The molecule has 0 aromatic rings. The van der Waals surface area contributed by atoms with Gasteiger partial charge in [-0.3, -0.25) is 4.90 Å². The van der Waals surface area contributed by atoms with Crippen molar-refractivity contribution in [1.29, 1.82) is 0 Å². The molecule has 2 aliphatic carbocycles. The fourth-order valence-corrected chi connectivity index (χ4v) is 2.72. The Morgan fingerprint density at radius 1 is 1.17 bits per heavy atom. The number of hydrogen-bond donors (Lipinski definition) is 1. The zero-order chi connectivity index (χ0) is 13.2. The highest BCUT2D eigenvalue weighted by atomic mass is 15.2. The van der Waals surface area contributed by atoms with Gasteiger partial charge in [-0.2, -0.15) is 0 Å². The predicted octanol–water partition coefficient (Wildman–Crippen LogP) is 3.42. The van der Waals surface area contributed by atoms with E-state index in [1.165, 1.54) is 45.1 Å². The monoisotopic (exact) mass is 252 g/mol. The highest BCUT2D eigenvalue weighted by Crippen LogP contribution is 2.36. The zero-order valence-electron chi connectivity index (χ0n) is 12.8. The van der Waals surface area contributed by atoms with Crippen LogP contribution in [0.3, 0.4) is 0 Å². The van der Waals surface area contributed by atoms with E-state index >= 15 is 0 Å². The van der Waals surface area contributed by atoms with Crippen LogP contribution in [-0.4, -0.2) is 35.6 Å². The van der Waals surface area contributed by atoms with Crippen LogP contribution in [0.5, 0.6) is 0 Å². The maximum absolute atomic E-state index is 3.60. The van der Waals surface area contributed by atoms with Crippen molar-refractivity contribution in [2.24, 2.45) is 5.92 Å². The minimum Gasteiger partial charge on any atom is -0.312 e. The lowest BCUT2D eigenvalue weighted by Gasteiger charge is -2.30. The van der Waals surface area contributed by atoms with Crippen molar-refractivity contribution in [2.75, 3.05) is 13.1 Å². The van der Waals surface area contributed by atoms with Crippen molar-refractivity contribution in [2.45, 2.75) is 83.8 Å². The lowest BCUT2D eigenvalue weighted by Crippen LogP contribution is -2.39. The molecule has 0 spiro atoms. The van der Waals surface area contributed by atoms with Gasteiger partial charge in [-0.25, -0.2) is 0 Å². The average Bonchev–Trinajstić information content (AvgIpc) is 3.12. The van der Waals surface area contributed by atoms with E-state index in [0.717, 1.165) is 24.5 Å². The third-order valence-electron chi connectivity index (χ3n) is 4.20. The summed E-state index contributed by atoms with van der Waals surface area (Å²) in [6, 6.07) is 1.73. The summed E-state index contributed by atoms with van der Waals surface area (Å²) in [5, 5.41) is 3.60. The maximum Gasteiger partial charge on any atom is 0.00993 e. The quantitative estimate of drug-likeness (QED) is 0.666. The highest BCUT2D eigenvalue weighted by molar-refractivity contribution is 4.90. The van der Waals surface area contributed by atoms with E-state index in [0.29, 0.717) is 0 Å². The molecule has 0 amide bonds. The van der Waals surface area contributed by atoms with Crippen LogP contribution >= 0.6 is 0 Å². The Kier molecular flexibility index (Phi) is 4.71. The second-order valence-corrected chi connectivity index (χ2v) is 7.54. The fraction of sp³-hybridized carbons (Fsp3) is 1.00. The van der Waals surface area contributed by atoms with Crippen LogP contribution in [0.4, 0.5) is 0 Å². The summed E-state index contributed by atoms with van der Waals surface area (Å²) in [5.74, 6) is 1.04. The Hall–Kier alpha value is -0.0800. The molecule has 2 fully saturated rings. The molecule has 0 bridgehead atoms. The third kappa shape index (κ3) is 5.27. The summed E-state index contributed by atoms with van der Waals surface area (Å²) < 4.78 is 0. The molecule has 0 aliphatic heterocycles. The molecule has 0 radical (unpaired) electrons. The van der Waals surface area contributed by atoms with Gasteiger partial charge in [0.25, 0.3) is 0 Å². The maximum atomic E-state index is 3.60. The van der Waals surface area contributed by atoms with Gasteiger partial charge >= 0.3 is 0 Å². The normalized spacial score (nSPS) is 22.5. The number of rotatable bonds is 8. The van der Waals surface area contributed by atoms with Crippen LogP contribution in [0.25, 0.3) is 0 Å². The first-order chi connectivity index (χ1) is 8.46. The minimum absolute atomic E-state index is 0.271. The standard InChI is InChI=1S/C16H32N2/c1-13(6-5-11-17-16(2,3)4)18(15-9-10-15)12-14-7-8-14/h13-15,17H,5-12H2,1-4H3. The fourth-order valence-electron chi connectivity index (χ4n) is 2.72. The van der Waals surface area contributed by atoms with E-state index in [1.54, 1.807) is 0 Å². The topological polar surface area (TPSA) is 15.3 Å². The van der Waals surface area contributed by atoms with Gasteiger partial charge in [0.1, 0.15) is 0 Å². The van der Waals surface area contributed by atoms with Crippen LogP contribution in [-0.2, 0) is 0 Å². The van der Waals surface area contributed by atoms with Gasteiger partial charge in [-0.15, -0.1) is 0 Å². The van der Waals surface area contributed by atoms with Gasteiger partial charge in [-0.1, -0.05) is 0 Å². The van der Waals surface area contributed by atoms with Gasteiger partial charge in [-0.05, 0) is 78.7 Å². The number of nitrogens with one attached hydrogen (secondary N) is 1. The number of hydrogen-bond acceptors (Lipinski definition) is 2. The summed E-state index contributed by atoms with van der Waals surface area (Å²) in [6.45, 7) is 11.7. The largest absolute Gasteiger partial charge is 0.312 e. The minimum atomic E-state index is 0.271. The Morgan fingerprint density at radius 2 is 1.83 bits per heavy atom. The van der Waals surface area contributed by atoms with Crippen LogP contribution in [0.15, 0.2) is 0 Å². The van der Waals surface area contributed by atoms with Gasteiger partial charge in [0, 0.05) is 24.2 Å². The van der Waals surface area contributed by atoms with E-state index in [9.17, 15) is 0 Å². The van der Waals surface area contributed by atoms with Gasteiger partial charge in [0.2, 0.25) is 0 Å². The molecule has 1 unspecified atom stereocenters. The summed E-state index contributed by atoms with van der Waals surface area (Å²) in [7, 11) is 0. The first-order valence-electron chi connectivity index (χ1n) is 7.96. The molecule has 2 rings (SSSR count). The molecule has 18 heavy (non-hydrogen) atoms. The summed E-state index contributed by atoms with van der Waals surface area (Å²) in [4.78, 5) is 2.81. The predicted molar refractivity (Wildman–Crippen MR) is 78.9 cm³/mol. The van der Waals surface area contributed by atoms with E-state index in [4.69, 9.17) is 0 Å². The molecular weight excluding hydrogens is 220 g/mol. The van der Waals surface area contributed by atoms with Crippen LogP contribution in [0, 0.1) is 5.92 Å². The molecule has 2 aliphatic rings. The summed E-state index contributed by atoms with van der Waals surface area (Å²) >= 11 is 0. The SMILES string of the molecule is CC(CCCNC(C)(C)C)N(CC1CC1)C1CC1. The number of nitrogens with zero attached hydrogens (tertiary/aromatic N) is 1. The molecule has 2 heteroatoms. The van der Waals surface area contributed by atoms with Crippen molar-refractivity contribution < 1.29 is 0 Å². The van der Waals surface area contributed by atoms with Crippen molar-refractivity contribution >= 4 is 0 Å². The third-order valence-corrected chi connectivity index (χ3v) is 4.20. The van der Waals surface area contributed by atoms with Crippen LogP contribution < -0.4 is 5.32 Å². The van der Waals surface area contributed by atoms with E-state index in [2.05, 4.69) is 37.9 Å². The molecule has 2 saturated carbocycles. The second-order valence-electron chi connectivity index (χ2n) is 7.54. The summed E-state index contributed by atoms with van der Waals surface area (Å²) in [5.41, 5.74) is 0.271. The molecule has 0 heterocycles. The Balaban J connectivity index is 1.63. The van der Waals surface area contributed by atoms with Gasteiger partial charge < -0.3 is 5.32 Å². The van der Waals surface area contributed by atoms with Gasteiger partial charge in [0.15, 0.2) is 0 Å². The van der Waals surface area contributed by atoms with E-state index < -0.39 is 0 Å². The van der Waals surface area contributed by atoms with Crippen molar-refractivity contribution in [3.8, 4) is 0 Å². The van der Waals surface area contributed by atoms with Crippen molar-refractivity contribution in [1.82, 2.24) is 10.2 Å². The Labute approximate surface area is 114 Å².